The molecule has 0 spiro atoms. The van der Waals surface area contributed by atoms with Crippen LogP contribution in [0, 0.1) is 18.7 Å². The van der Waals surface area contributed by atoms with Gasteiger partial charge in [-0.1, -0.05) is 0 Å². The minimum atomic E-state index is -0.316. The van der Waals surface area contributed by atoms with E-state index in [0.717, 1.165) is 10.7 Å². The summed E-state index contributed by atoms with van der Waals surface area (Å²) in [5.41, 5.74) is 1.53. The summed E-state index contributed by atoms with van der Waals surface area (Å²) < 4.78 is 18.7. The number of nitrogens with zero attached hydrogens (tertiary/aromatic N) is 2. The van der Waals surface area contributed by atoms with Gasteiger partial charge in [0.2, 0.25) is 5.91 Å². The molecule has 0 N–H and O–H groups in total. The van der Waals surface area contributed by atoms with Crippen molar-refractivity contribution in [3.05, 3.63) is 46.2 Å². The fourth-order valence-corrected chi connectivity index (χ4v) is 3.42. The molecule has 1 fully saturated rings. The van der Waals surface area contributed by atoms with Gasteiger partial charge in [0.1, 0.15) is 5.82 Å². The minimum Gasteiger partial charge on any atom is -0.378 e. The van der Waals surface area contributed by atoms with Gasteiger partial charge in [-0.25, -0.2) is 9.37 Å². The summed E-state index contributed by atoms with van der Waals surface area (Å²) in [6.45, 7) is 4.85. The molecule has 6 heteroatoms. The molecule has 2 aromatic rings. The number of ether oxygens (including phenoxy) is 1. The molecule has 0 radical (unpaired) electrons. The SMILES string of the molecule is Cc1nc(CN(C(=O)C2CCOC2C)c2ccc(F)cc2)cs1. The third-order valence-corrected chi connectivity index (χ3v) is 4.91. The molecular formula is C17H19FN2O2S. The van der Waals surface area contributed by atoms with E-state index >= 15 is 0 Å². The quantitative estimate of drug-likeness (QED) is 0.859. The molecule has 23 heavy (non-hydrogen) atoms. The molecule has 0 bridgehead atoms. The molecule has 1 aliphatic rings. The van der Waals surface area contributed by atoms with E-state index in [-0.39, 0.29) is 23.7 Å². The molecule has 1 aromatic carbocycles. The largest absolute Gasteiger partial charge is 0.378 e. The van der Waals surface area contributed by atoms with Crippen LogP contribution in [-0.4, -0.2) is 23.6 Å². The zero-order valence-electron chi connectivity index (χ0n) is 13.2. The highest BCUT2D eigenvalue weighted by molar-refractivity contribution is 7.09. The molecule has 1 aromatic heterocycles. The molecule has 0 aliphatic carbocycles. The summed E-state index contributed by atoms with van der Waals surface area (Å²) in [6.07, 6.45) is 0.621. The zero-order valence-corrected chi connectivity index (χ0v) is 14.0. The molecule has 2 heterocycles. The van der Waals surface area contributed by atoms with Crippen molar-refractivity contribution in [3.8, 4) is 0 Å². The summed E-state index contributed by atoms with van der Waals surface area (Å²) in [5, 5.41) is 2.91. The Labute approximate surface area is 138 Å². The number of hydrogen-bond donors (Lipinski definition) is 0. The van der Waals surface area contributed by atoms with Crippen LogP contribution in [0.15, 0.2) is 29.6 Å². The molecular weight excluding hydrogens is 315 g/mol. The van der Waals surface area contributed by atoms with E-state index in [1.54, 1.807) is 28.4 Å². The van der Waals surface area contributed by atoms with Crippen LogP contribution in [0.5, 0.6) is 0 Å². The predicted octanol–water partition coefficient (Wildman–Crippen LogP) is 3.55. The summed E-state index contributed by atoms with van der Waals surface area (Å²) in [5.74, 6) is -0.477. The fraction of sp³-hybridized carbons (Fsp3) is 0.412. The van der Waals surface area contributed by atoms with Crippen molar-refractivity contribution in [2.45, 2.75) is 32.9 Å². The van der Waals surface area contributed by atoms with E-state index in [9.17, 15) is 9.18 Å². The second-order valence-corrected chi connectivity index (χ2v) is 6.79. The van der Waals surface area contributed by atoms with Crippen molar-refractivity contribution >= 4 is 22.9 Å². The van der Waals surface area contributed by atoms with Gasteiger partial charge in [-0.05, 0) is 44.5 Å². The lowest BCUT2D eigenvalue weighted by Crippen LogP contribution is -2.38. The van der Waals surface area contributed by atoms with Gasteiger partial charge in [-0.2, -0.15) is 0 Å². The van der Waals surface area contributed by atoms with Gasteiger partial charge in [-0.15, -0.1) is 11.3 Å². The first-order valence-corrected chi connectivity index (χ1v) is 8.52. The Morgan fingerprint density at radius 2 is 2.17 bits per heavy atom. The molecule has 2 unspecified atom stereocenters. The topological polar surface area (TPSA) is 42.4 Å². The Hall–Kier alpha value is -1.79. The van der Waals surface area contributed by atoms with E-state index in [0.29, 0.717) is 25.3 Å². The third kappa shape index (κ3) is 3.59. The van der Waals surface area contributed by atoms with E-state index in [4.69, 9.17) is 4.74 Å². The van der Waals surface area contributed by atoms with Crippen LogP contribution < -0.4 is 4.90 Å². The number of aromatic nitrogens is 1. The third-order valence-electron chi connectivity index (χ3n) is 4.08. The first-order chi connectivity index (χ1) is 11.0. The number of anilines is 1. The Balaban J connectivity index is 1.88. The van der Waals surface area contributed by atoms with Gasteiger partial charge in [0, 0.05) is 17.7 Å². The molecule has 4 nitrogen and oxygen atoms in total. The molecule has 1 aliphatic heterocycles. The maximum absolute atomic E-state index is 13.2. The molecule has 1 amide bonds. The van der Waals surface area contributed by atoms with Crippen LogP contribution in [0.1, 0.15) is 24.0 Å². The monoisotopic (exact) mass is 334 g/mol. The second-order valence-electron chi connectivity index (χ2n) is 5.73. The van der Waals surface area contributed by atoms with Crippen LogP contribution in [-0.2, 0) is 16.1 Å². The van der Waals surface area contributed by atoms with Crippen LogP contribution in [0.3, 0.4) is 0 Å². The Kier molecular flexibility index (Phi) is 4.73. The van der Waals surface area contributed by atoms with Gasteiger partial charge in [-0.3, -0.25) is 4.79 Å². The lowest BCUT2D eigenvalue weighted by Gasteiger charge is -2.26. The lowest BCUT2D eigenvalue weighted by molar-refractivity contribution is -0.123. The predicted molar refractivity (Wildman–Crippen MR) is 88.0 cm³/mol. The van der Waals surface area contributed by atoms with Crippen LogP contribution in [0.4, 0.5) is 10.1 Å². The molecule has 122 valence electrons. The molecule has 2 atom stereocenters. The maximum Gasteiger partial charge on any atom is 0.233 e. The fourth-order valence-electron chi connectivity index (χ4n) is 2.82. The maximum atomic E-state index is 13.2. The number of hydrogen-bond acceptors (Lipinski definition) is 4. The number of amides is 1. The first kappa shape index (κ1) is 16.1. The van der Waals surface area contributed by atoms with E-state index in [1.807, 2.05) is 19.2 Å². The number of carbonyl (C=O) groups is 1. The van der Waals surface area contributed by atoms with Crippen LogP contribution in [0.2, 0.25) is 0 Å². The van der Waals surface area contributed by atoms with E-state index in [1.165, 1.54) is 12.1 Å². The summed E-state index contributed by atoms with van der Waals surface area (Å²) >= 11 is 1.55. The van der Waals surface area contributed by atoms with Gasteiger partial charge in [0.15, 0.2) is 0 Å². The normalized spacial score (nSPS) is 20.7. The summed E-state index contributed by atoms with van der Waals surface area (Å²) in [7, 11) is 0. The van der Waals surface area contributed by atoms with E-state index in [2.05, 4.69) is 4.98 Å². The Morgan fingerprint density at radius 3 is 2.74 bits per heavy atom. The van der Waals surface area contributed by atoms with Crippen molar-refractivity contribution in [2.75, 3.05) is 11.5 Å². The Morgan fingerprint density at radius 1 is 1.43 bits per heavy atom. The zero-order chi connectivity index (χ0) is 16.4. The first-order valence-electron chi connectivity index (χ1n) is 7.64. The second kappa shape index (κ2) is 6.76. The number of rotatable bonds is 4. The molecule has 0 saturated carbocycles. The van der Waals surface area contributed by atoms with E-state index < -0.39 is 0 Å². The highest BCUT2D eigenvalue weighted by atomic mass is 32.1. The van der Waals surface area contributed by atoms with Gasteiger partial charge < -0.3 is 9.64 Å². The Bertz CT molecular complexity index is 686. The van der Waals surface area contributed by atoms with Gasteiger partial charge >= 0.3 is 0 Å². The van der Waals surface area contributed by atoms with Crippen LogP contribution in [0.25, 0.3) is 0 Å². The lowest BCUT2D eigenvalue weighted by atomic mass is 10.0. The van der Waals surface area contributed by atoms with Crippen molar-refractivity contribution in [2.24, 2.45) is 5.92 Å². The summed E-state index contributed by atoms with van der Waals surface area (Å²) in [4.78, 5) is 19.1. The van der Waals surface area contributed by atoms with Crippen molar-refractivity contribution in [1.82, 2.24) is 4.98 Å². The number of carbonyl (C=O) groups excluding carboxylic acids is 1. The average molecular weight is 334 g/mol. The molecule has 3 rings (SSSR count). The van der Waals surface area contributed by atoms with Crippen molar-refractivity contribution in [3.63, 3.8) is 0 Å². The number of benzene rings is 1. The summed E-state index contributed by atoms with van der Waals surface area (Å²) in [6, 6.07) is 6.01. The standard InChI is InChI=1S/C17H19FN2O2S/c1-11-16(7-8-22-11)17(21)20(9-14-10-23-12(2)19-14)15-5-3-13(18)4-6-15/h3-6,10-11,16H,7-9H2,1-2H3. The smallest absolute Gasteiger partial charge is 0.233 e. The van der Waals surface area contributed by atoms with Gasteiger partial charge in [0.05, 0.1) is 29.3 Å². The van der Waals surface area contributed by atoms with Crippen molar-refractivity contribution < 1.29 is 13.9 Å². The number of aryl methyl sites for hydroxylation is 1. The van der Waals surface area contributed by atoms with Crippen molar-refractivity contribution in [1.29, 1.82) is 0 Å². The number of thiazole rings is 1. The average Bonchev–Trinajstić information content (AvgIpc) is 3.14. The van der Waals surface area contributed by atoms with Crippen LogP contribution >= 0.6 is 11.3 Å². The molecule has 1 saturated heterocycles. The highest BCUT2D eigenvalue weighted by Crippen LogP contribution is 2.27. The number of halogens is 1. The highest BCUT2D eigenvalue weighted by Gasteiger charge is 2.34. The van der Waals surface area contributed by atoms with Gasteiger partial charge in [0.25, 0.3) is 0 Å². The minimum absolute atomic E-state index is 0.00672.